The zero-order chi connectivity index (χ0) is 16.6. The number of pyridine rings is 1. The van der Waals surface area contributed by atoms with Gasteiger partial charge in [0.25, 0.3) is 5.91 Å². The molecule has 1 aromatic heterocycles. The second-order valence-corrected chi connectivity index (χ2v) is 6.62. The Morgan fingerprint density at radius 2 is 2.13 bits per heavy atom. The maximum absolute atomic E-state index is 12.8. The summed E-state index contributed by atoms with van der Waals surface area (Å²) in [6.45, 7) is 4.29. The highest BCUT2D eigenvalue weighted by molar-refractivity contribution is 5.95. The third-order valence-electron chi connectivity index (χ3n) is 4.70. The maximum atomic E-state index is 12.8. The molecule has 2 heterocycles. The van der Waals surface area contributed by atoms with E-state index in [1.807, 2.05) is 13.8 Å². The summed E-state index contributed by atoms with van der Waals surface area (Å²) < 4.78 is 5.52. The van der Waals surface area contributed by atoms with Crippen LogP contribution in [0.4, 0.5) is 0 Å². The Balaban J connectivity index is 1.83. The molecular formula is C17H22N2O4. The molecule has 6 nitrogen and oxygen atoms in total. The number of aliphatic carboxylic acids is 1. The van der Waals surface area contributed by atoms with Gasteiger partial charge in [-0.25, -0.2) is 9.78 Å². The fraction of sp³-hybridized carbons (Fsp3) is 0.588. The van der Waals surface area contributed by atoms with E-state index in [0.29, 0.717) is 18.3 Å². The van der Waals surface area contributed by atoms with Crippen LogP contribution >= 0.6 is 0 Å². The predicted octanol–water partition coefficient (Wildman–Crippen LogP) is 2.19. The number of hydrogen-bond donors (Lipinski definition) is 1. The van der Waals surface area contributed by atoms with Crippen LogP contribution in [0, 0.1) is 11.8 Å². The van der Waals surface area contributed by atoms with Crippen molar-refractivity contribution in [2.75, 3.05) is 6.54 Å². The summed E-state index contributed by atoms with van der Waals surface area (Å²) in [5.41, 5.74) is 0.245. The molecule has 3 unspecified atom stereocenters. The zero-order valence-corrected chi connectivity index (χ0v) is 13.4. The number of aromatic nitrogens is 1. The lowest BCUT2D eigenvalue weighted by molar-refractivity contribution is -0.142. The number of carbonyl (C=O) groups is 2. The minimum Gasteiger partial charge on any atom is -0.480 e. The van der Waals surface area contributed by atoms with Crippen LogP contribution < -0.4 is 4.74 Å². The number of carboxylic acids is 1. The molecule has 3 atom stereocenters. The molecule has 124 valence electrons. The number of carboxylic acid groups (broad SMARTS) is 1. The predicted molar refractivity (Wildman–Crippen MR) is 83.3 cm³/mol. The summed E-state index contributed by atoms with van der Waals surface area (Å²) in [6.07, 6.45) is 2.90. The van der Waals surface area contributed by atoms with Gasteiger partial charge in [-0.1, -0.05) is 12.5 Å². The first kappa shape index (κ1) is 15.8. The molecule has 2 aliphatic rings. The molecule has 1 saturated heterocycles. The van der Waals surface area contributed by atoms with Gasteiger partial charge in [-0.3, -0.25) is 4.79 Å². The van der Waals surface area contributed by atoms with E-state index in [1.165, 1.54) is 4.90 Å². The van der Waals surface area contributed by atoms with Crippen molar-refractivity contribution >= 4 is 11.9 Å². The topological polar surface area (TPSA) is 79.7 Å². The third kappa shape index (κ3) is 3.02. The SMILES string of the molecule is CC(C)Oc1cccc(C(=O)N2CC3CCCC3C2C(=O)O)n1. The Morgan fingerprint density at radius 3 is 2.83 bits per heavy atom. The van der Waals surface area contributed by atoms with Crippen LogP contribution in [0.2, 0.25) is 0 Å². The number of fused-ring (bicyclic) bond motifs is 1. The molecule has 0 bridgehead atoms. The van der Waals surface area contributed by atoms with Crippen molar-refractivity contribution in [2.45, 2.75) is 45.3 Å². The number of likely N-dealkylation sites (tertiary alicyclic amines) is 1. The summed E-state index contributed by atoms with van der Waals surface area (Å²) in [4.78, 5) is 30.2. The van der Waals surface area contributed by atoms with Crippen molar-refractivity contribution in [3.63, 3.8) is 0 Å². The van der Waals surface area contributed by atoms with Crippen LogP contribution in [0.1, 0.15) is 43.6 Å². The van der Waals surface area contributed by atoms with E-state index >= 15 is 0 Å². The van der Waals surface area contributed by atoms with E-state index in [2.05, 4.69) is 4.98 Å². The second kappa shape index (κ2) is 6.18. The molecule has 1 N–H and O–H groups in total. The summed E-state index contributed by atoms with van der Waals surface area (Å²) in [5.74, 6) is -0.470. The minimum absolute atomic E-state index is 0.0363. The minimum atomic E-state index is -0.915. The van der Waals surface area contributed by atoms with Gasteiger partial charge in [-0.05, 0) is 44.6 Å². The maximum Gasteiger partial charge on any atom is 0.326 e. The van der Waals surface area contributed by atoms with E-state index in [1.54, 1.807) is 18.2 Å². The zero-order valence-electron chi connectivity index (χ0n) is 13.4. The second-order valence-electron chi connectivity index (χ2n) is 6.62. The van der Waals surface area contributed by atoms with Crippen molar-refractivity contribution in [3.8, 4) is 5.88 Å². The Hall–Kier alpha value is -2.11. The molecule has 2 fully saturated rings. The first-order chi connectivity index (χ1) is 11.0. The summed E-state index contributed by atoms with van der Waals surface area (Å²) in [5, 5.41) is 9.56. The van der Waals surface area contributed by atoms with Crippen molar-refractivity contribution < 1.29 is 19.4 Å². The molecule has 0 spiro atoms. The Morgan fingerprint density at radius 1 is 1.35 bits per heavy atom. The van der Waals surface area contributed by atoms with E-state index in [-0.39, 0.29) is 23.6 Å². The van der Waals surface area contributed by atoms with Crippen LogP contribution in [-0.2, 0) is 4.79 Å². The summed E-state index contributed by atoms with van der Waals surface area (Å²) in [6, 6.07) is 4.30. The van der Waals surface area contributed by atoms with E-state index in [4.69, 9.17) is 4.74 Å². The fourth-order valence-electron chi connectivity index (χ4n) is 3.82. The van der Waals surface area contributed by atoms with Crippen LogP contribution in [0.15, 0.2) is 18.2 Å². The quantitative estimate of drug-likeness (QED) is 0.920. The highest BCUT2D eigenvalue weighted by Crippen LogP contribution is 2.42. The van der Waals surface area contributed by atoms with E-state index in [9.17, 15) is 14.7 Å². The van der Waals surface area contributed by atoms with Crippen LogP contribution in [0.25, 0.3) is 0 Å². The molecule has 1 aromatic rings. The van der Waals surface area contributed by atoms with Gasteiger partial charge in [-0.15, -0.1) is 0 Å². The van der Waals surface area contributed by atoms with Gasteiger partial charge in [0.1, 0.15) is 11.7 Å². The number of ether oxygens (including phenoxy) is 1. The Bertz CT molecular complexity index is 616. The van der Waals surface area contributed by atoms with Crippen LogP contribution in [0.5, 0.6) is 5.88 Å². The number of carbonyl (C=O) groups excluding carboxylic acids is 1. The molecule has 1 amide bonds. The molecule has 0 radical (unpaired) electrons. The molecule has 3 rings (SSSR count). The lowest BCUT2D eigenvalue weighted by atomic mass is 9.94. The summed E-state index contributed by atoms with van der Waals surface area (Å²) >= 11 is 0. The normalized spacial score (nSPS) is 26.4. The highest BCUT2D eigenvalue weighted by Gasteiger charge is 2.49. The van der Waals surface area contributed by atoms with Gasteiger partial charge in [-0.2, -0.15) is 0 Å². The third-order valence-corrected chi connectivity index (χ3v) is 4.70. The first-order valence-corrected chi connectivity index (χ1v) is 8.15. The first-order valence-electron chi connectivity index (χ1n) is 8.15. The molecule has 1 saturated carbocycles. The van der Waals surface area contributed by atoms with Crippen molar-refractivity contribution in [1.29, 1.82) is 0 Å². The highest BCUT2D eigenvalue weighted by atomic mass is 16.5. The molecule has 6 heteroatoms. The molecule has 1 aliphatic carbocycles. The van der Waals surface area contributed by atoms with Gasteiger partial charge in [0.05, 0.1) is 6.10 Å². The Kier molecular flexibility index (Phi) is 4.24. The van der Waals surface area contributed by atoms with Crippen molar-refractivity contribution in [2.24, 2.45) is 11.8 Å². The summed E-state index contributed by atoms with van der Waals surface area (Å²) in [7, 11) is 0. The van der Waals surface area contributed by atoms with Gasteiger partial charge < -0.3 is 14.7 Å². The Labute approximate surface area is 135 Å². The fourth-order valence-corrected chi connectivity index (χ4v) is 3.82. The van der Waals surface area contributed by atoms with Gasteiger partial charge >= 0.3 is 5.97 Å². The standard InChI is InChI=1S/C17H22N2O4/c1-10(2)23-14-8-4-7-13(18-14)16(20)19-9-11-5-3-6-12(11)15(19)17(21)22/h4,7-8,10-12,15H,3,5-6,9H2,1-2H3,(H,21,22). The van der Waals surface area contributed by atoms with Crippen LogP contribution in [-0.4, -0.2) is 45.6 Å². The average molecular weight is 318 g/mol. The van der Waals surface area contributed by atoms with Gasteiger partial charge in [0, 0.05) is 12.6 Å². The largest absolute Gasteiger partial charge is 0.480 e. The number of amides is 1. The molecular weight excluding hydrogens is 296 g/mol. The smallest absolute Gasteiger partial charge is 0.326 e. The van der Waals surface area contributed by atoms with Crippen molar-refractivity contribution in [3.05, 3.63) is 23.9 Å². The molecule has 0 aromatic carbocycles. The van der Waals surface area contributed by atoms with Crippen molar-refractivity contribution in [1.82, 2.24) is 9.88 Å². The molecule has 1 aliphatic heterocycles. The lowest BCUT2D eigenvalue weighted by Crippen LogP contribution is -2.43. The lowest BCUT2D eigenvalue weighted by Gasteiger charge is -2.24. The average Bonchev–Trinajstić information content (AvgIpc) is 3.05. The van der Waals surface area contributed by atoms with Crippen LogP contribution in [0.3, 0.4) is 0 Å². The van der Waals surface area contributed by atoms with Gasteiger partial charge in [0.2, 0.25) is 5.88 Å². The van der Waals surface area contributed by atoms with E-state index in [0.717, 1.165) is 19.3 Å². The number of rotatable bonds is 4. The molecule has 23 heavy (non-hydrogen) atoms. The number of hydrogen-bond acceptors (Lipinski definition) is 4. The van der Waals surface area contributed by atoms with E-state index < -0.39 is 12.0 Å². The monoisotopic (exact) mass is 318 g/mol. The van der Waals surface area contributed by atoms with Gasteiger partial charge in [0.15, 0.2) is 0 Å². The number of nitrogens with zero attached hydrogens (tertiary/aromatic N) is 2.